The van der Waals surface area contributed by atoms with Gasteiger partial charge in [0.15, 0.2) is 11.5 Å². The summed E-state index contributed by atoms with van der Waals surface area (Å²) in [6.07, 6.45) is -3.46. The van der Waals surface area contributed by atoms with E-state index < -0.39 is 17.7 Å². The number of aromatic nitrogens is 5. The highest BCUT2D eigenvalue weighted by molar-refractivity contribution is 5.98. The van der Waals surface area contributed by atoms with E-state index in [0.29, 0.717) is 18.2 Å². The van der Waals surface area contributed by atoms with E-state index in [0.717, 1.165) is 10.9 Å². The summed E-state index contributed by atoms with van der Waals surface area (Å²) in [5.41, 5.74) is -0.774. The van der Waals surface area contributed by atoms with Gasteiger partial charge in [0.25, 0.3) is 5.78 Å². The van der Waals surface area contributed by atoms with E-state index in [-0.39, 0.29) is 12.4 Å². The molecule has 2 heterocycles. The lowest BCUT2D eigenvalue weighted by molar-refractivity contribution is -0.0888. The number of nitrogens with zero attached hydrogens (tertiary/aromatic N) is 5. The summed E-state index contributed by atoms with van der Waals surface area (Å²) in [7, 11) is 0. The van der Waals surface area contributed by atoms with E-state index in [1.807, 2.05) is 13.8 Å². The van der Waals surface area contributed by atoms with Crippen molar-refractivity contribution in [3.63, 3.8) is 0 Å². The molecule has 0 amide bonds. The number of ketones is 1. The molecule has 0 spiro atoms. The number of rotatable bonds is 5. The van der Waals surface area contributed by atoms with Crippen LogP contribution >= 0.6 is 0 Å². The second-order valence-corrected chi connectivity index (χ2v) is 4.83. The summed E-state index contributed by atoms with van der Waals surface area (Å²) in [6, 6.07) is 0. The molecule has 0 aliphatic rings. The Balaban J connectivity index is 2.06. The van der Waals surface area contributed by atoms with Crippen molar-refractivity contribution in [2.24, 2.45) is 5.92 Å². The standard InChI is InChI=1S/C11H12F3N5O2/c1-6(2)3-8-15-9(21-17-8)5-19-4-7(16-18-19)10(20)11(12,13)14/h4,6H,3,5H2,1-2H3. The van der Waals surface area contributed by atoms with Crippen molar-refractivity contribution in [3.05, 3.63) is 23.6 Å². The summed E-state index contributed by atoms with van der Waals surface area (Å²) >= 11 is 0. The van der Waals surface area contributed by atoms with Crippen LogP contribution in [0.2, 0.25) is 0 Å². The van der Waals surface area contributed by atoms with E-state index in [4.69, 9.17) is 4.52 Å². The molecule has 2 aromatic heterocycles. The zero-order chi connectivity index (χ0) is 15.6. The minimum absolute atomic E-state index is 0.0523. The maximum atomic E-state index is 12.2. The molecule has 0 aromatic carbocycles. The third-order valence-electron chi connectivity index (χ3n) is 2.43. The first-order valence-corrected chi connectivity index (χ1v) is 6.09. The molecule has 0 bridgehead atoms. The quantitative estimate of drug-likeness (QED) is 0.781. The lowest BCUT2D eigenvalue weighted by Gasteiger charge is -1.99. The zero-order valence-corrected chi connectivity index (χ0v) is 11.3. The van der Waals surface area contributed by atoms with Crippen molar-refractivity contribution in [1.82, 2.24) is 25.1 Å². The van der Waals surface area contributed by atoms with Gasteiger partial charge in [-0.3, -0.25) is 4.79 Å². The third-order valence-corrected chi connectivity index (χ3v) is 2.43. The van der Waals surface area contributed by atoms with Gasteiger partial charge >= 0.3 is 6.18 Å². The number of carbonyl (C=O) groups excluding carboxylic acids is 1. The fourth-order valence-corrected chi connectivity index (χ4v) is 1.57. The Morgan fingerprint density at radius 1 is 1.43 bits per heavy atom. The molecule has 0 aliphatic heterocycles. The van der Waals surface area contributed by atoms with Gasteiger partial charge in [-0.05, 0) is 5.92 Å². The fraction of sp³-hybridized carbons (Fsp3) is 0.545. The van der Waals surface area contributed by atoms with Crippen LogP contribution in [0.5, 0.6) is 0 Å². The van der Waals surface area contributed by atoms with Crippen LogP contribution in [0.4, 0.5) is 13.2 Å². The Hall–Kier alpha value is -2.26. The minimum Gasteiger partial charge on any atom is -0.337 e. The van der Waals surface area contributed by atoms with E-state index in [1.54, 1.807) is 0 Å². The van der Waals surface area contributed by atoms with Gasteiger partial charge in [-0.1, -0.05) is 24.2 Å². The van der Waals surface area contributed by atoms with Crippen molar-refractivity contribution >= 4 is 5.78 Å². The van der Waals surface area contributed by atoms with Crippen molar-refractivity contribution in [1.29, 1.82) is 0 Å². The average molecular weight is 303 g/mol. The average Bonchev–Trinajstić information content (AvgIpc) is 2.97. The van der Waals surface area contributed by atoms with Crippen LogP contribution in [0, 0.1) is 5.92 Å². The van der Waals surface area contributed by atoms with Crippen LogP contribution in [-0.2, 0) is 13.0 Å². The fourth-order valence-electron chi connectivity index (χ4n) is 1.57. The van der Waals surface area contributed by atoms with Crippen LogP contribution in [0.15, 0.2) is 10.7 Å². The molecular weight excluding hydrogens is 291 g/mol. The first-order chi connectivity index (χ1) is 9.75. The second-order valence-electron chi connectivity index (χ2n) is 4.83. The Labute approximate surface area is 117 Å². The van der Waals surface area contributed by atoms with Gasteiger partial charge in [0.05, 0.1) is 6.20 Å². The number of halogens is 3. The molecule has 2 aromatic rings. The Kier molecular flexibility index (Phi) is 4.05. The van der Waals surface area contributed by atoms with Crippen molar-refractivity contribution in [2.45, 2.75) is 33.0 Å². The molecule has 114 valence electrons. The van der Waals surface area contributed by atoms with Gasteiger partial charge in [-0.15, -0.1) is 5.10 Å². The number of alkyl halides is 3. The molecule has 0 unspecified atom stereocenters. The molecule has 0 aliphatic carbocycles. The van der Waals surface area contributed by atoms with Gasteiger partial charge in [0.1, 0.15) is 6.54 Å². The lowest BCUT2D eigenvalue weighted by atomic mass is 10.1. The van der Waals surface area contributed by atoms with Gasteiger partial charge < -0.3 is 4.52 Å². The summed E-state index contributed by atoms with van der Waals surface area (Å²) in [5.74, 6) is -1.01. The SMILES string of the molecule is CC(C)Cc1noc(Cn2cc(C(=O)C(F)(F)F)nn2)n1. The predicted octanol–water partition coefficient (Wildman–Crippen LogP) is 1.65. The third kappa shape index (κ3) is 3.86. The Morgan fingerprint density at radius 3 is 2.76 bits per heavy atom. The number of hydrogen-bond acceptors (Lipinski definition) is 6. The summed E-state index contributed by atoms with van der Waals surface area (Å²) in [4.78, 5) is 15.0. The summed E-state index contributed by atoms with van der Waals surface area (Å²) in [5, 5.41) is 10.4. The van der Waals surface area contributed by atoms with Gasteiger partial charge in [0.2, 0.25) is 5.89 Å². The van der Waals surface area contributed by atoms with E-state index in [9.17, 15) is 18.0 Å². The minimum atomic E-state index is -4.98. The number of carbonyl (C=O) groups is 1. The van der Waals surface area contributed by atoms with Crippen molar-refractivity contribution in [3.8, 4) is 0 Å². The maximum Gasteiger partial charge on any atom is 0.456 e. The summed E-state index contributed by atoms with van der Waals surface area (Å²) in [6.45, 7) is 3.92. The van der Waals surface area contributed by atoms with Gasteiger partial charge in [-0.25, -0.2) is 4.68 Å². The predicted molar refractivity (Wildman–Crippen MR) is 62.3 cm³/mol. The Morgan fingerprint density at radius 2 is 2.14 bits per heavy atom. The molecule has 10 heteroatoms. The highest BCUT2D eigenvalue weighted by Crippen LogP contribution is 2.20. The molecule has 0 radical (unpaired) electrons. The van der Waals surface area contributed by atoms with E-state index in [2.05, 4.69) is 20.5 Å². The highest BCUT2D eigenvalue weighted by atomic mass is 19.4. The van der Waals surface area contributed by atoms with Crippen LogP contribution in [0.3, 0.4) is 0 Å². The smallest absolute Gasteiger partial charge is 0.337 e. The molecule has 2 rings (SSSR count). The molecule has 0 N–H and O–H groups in total. The first-order valence-electron chi connectivity index (χ1n) is 6.09. The monoisotopic (exact) mass is 303 g/mol. The molecule has 0 fully saturated rings. The van der Waals surface area contributed by atoms with Gasteiger partial charge in [-0.2, -0.15) is 18.2 Å². The molecule has 0 saturated carbocycles. The largest absolute Gasteiger partial charge is 0.456 e. The molecule has 0 atom stereocenters. The Bertz CT molecular complexity index is 632. The molecule has 7 nitrogen and oxygen atoms in total. The van der Waals surface area contributed by atoms with Crippen LogP contribution in [0.25, 0.3) is 0 Å². The number of Topliss-reactive ketones (excluding diaryl/α,β-unsaturated/α-hetero) is 1. The second kappa shape index (κ2) is 5.62. The first kappa shape index (κ1) is 15.1. The van der Waals surface area contributed by atoms with E-state index in [1.165, 1.54) is 0 Å². The van der Waals surface area contributed by atoms with Crippen molar-refractivity contribution in [2.75, 3.05) is 0 Å². The maximum absolute atomic E-state index is 12.2. The highest BCUT2D eigenvalue weighted by Gasteiger charge is 2.41. The number of hydrogen-bond donors (Lipinski definition) is 0. The summed E-state index contributed by atoms with van der Waals surface area (Å²) < 4.78 is 42.7. The zero-order valence-electron chi connectivity index (χ0n) is 11.3. The normalized spacial score (nSPS) is 12.1. The van der Waals surface area contributed by atoms with E-state index >= 15 is 0 Å². The molecule has 21 heavy (non-hydrogen) atoms. The molecular formula is C11H12F3N5O2. The van der Waals surface area contributed by atoms with Crippen molar-refractivity contribution < 1.29 is 22.5 Å². The van der Waals surface area contributed by atoms with Crippen LogP contribution < -0.4 is 0 Å². The van der Waals surface area contributed by atoms with Crippen LogP contribution in [0.1, 0.15) is 36.1 Å². The molecule has 0 saturated heterocycles. The van der Waals surface area contributed by atoms with Gasteiger partial charge in [0, 0.05) is 6.42 Å². The van der Waals surface area contributed by atoms with Crippen LogP contribution in [-0.4, -0.2) is 37.1 Å². The lowest BCUT2D eigenvalue weighted by Crippen LogP contribution is -2.23. The topological polar surface area (TPSA) is 86.7 Å².